The van der Waals surface area contributed by atoms with E-state index in [0.29, 0.717) is 18.4 Å². The van der Waals surface area contributed by atoms with Gasteiger partial charge in [0.15, 0.2) is 0 Å². The predicted molar refractivity (Wildman–Crippen MR) is 54.1 cm³/mol. The Morgan fingerprint density at radius 3 is 2.71 bits per heavy atom. The summed E-state index contributed by atoms with van der Waals surface area (Å²) in [5.41, 5.74) is 0. The van der Waals surface area contributed by atoms with Crippen molar-refractivity contribution in [2.75, 3.05) is 13.6 Å². The molecule has 3 heteroatoms. The number of rotatable bonds is 3. The van der Waals surface area contributed by atoms with E-state index in [-0.39, 0.29) is 0 Å². The first-order valence-electron chi connectivity index (χ1n) is 5.60. The Hall–Kier alpha value is -0.570. The molecule has 1 aliphatic carbocycles. The van der Waals surface area contributed by atoms with Gasteiger partial charge in [0.05, 0.1) is 0 Å². The second-order valence-corrected chi connectivity index (χ2v) is 4.81. The van der Waals surface area contributed by atoms with Gasteiger partial charge < -0.3 is 10.0 Å². The Bertz CT molecular complexity index is 225. The van der Waals surface area contributed by atoms with Crippen LogP contribution >= 0.6 is 0 Å². The normalized spacial score (nSPS) is 34.4. The Labute approximate surface area is 85.1 Å². The molecule has 1 heterocycles. The number of nitrogens with zero attached hydrogens (tertiary/aromatic N) is 1. The van der Waals surface area contributed by atoms with Crippen molar-refractivity contribution in [3.8, 4) is 0 Å². The summed E-state index contributed by atoms with van der Waals surface area (Å²) < 4.78 is 0. The molecular formula is C11H19NO2. The van der Waals surface area contributed by atoms with Crippen LogP contribution in [-0.4, -0.2) is 35.6 Å². The average molecular weight is 197 g/mol. The zero-order valence-electron chi connectivity index (χ0n) is 8.78. The molecule has 2 atom stereocenters. The van der Waals surface area contributed by atoms with Crippen molar-refractivity contribution in [2.24, 2.45) is 11.8 Å². The molecule has 1 N–H and O–H groups in total. The van der Waals surface area contributed by atoms with Crippen LogP contribution in [0.3, 0.4) is 0 Å². The van der Waals surface area contributed by atoms with Gasteiger partial charge in [-0.2, -0.15) is 0 Å². The number of piperidine rings is 1. The Morgan fingerprint density at radius 1 is 1.43 bits per heavy atom. The number of hydrogen-bond acceptors (Lipinski definition) is 2. The summed E-state index contributed by atoms with van der Waals surface area (Å²) in [7, 11) is 2.15. The molecule has 0 spiro atoms. The fraction of sp³-hybridized carbons (Fsp3) is 0.909. The number of carbonyl (C=O) groups is 1. The van der Waals surface area contributed by atoms with Gasteiger partial charge in [-0.3, -0.25) is 4.79 Å². The number of carboxylic acids is 1. The van der Waals surface area contributed by atoms with E-state index in [4.69, 9.17) is 5.11 Å². The first-order valence-corrected chi connectivity index (χ1v) is 5.60. The van der Waals surface area contributed by atoms with Crippen LogP contribution in [0.15, 0.2) is 0 Å². The Kier molecular flexibility index (Phi) is 2.77. The fourth-order valence-corrected chi connectivity index (χ4v) is 2.91. The molecule has 0 aromatic carbocycles. The lowest BCUT2D eigenvalue weighted by Crippen LogP contribution is -2.44. The lowest BCUT2D eigenvalue weighted by atomic mass is 9.84. The van der Waals surface area contributed by atoms with Crippen molar-refractivity contribution in [1.82, 2.24) is 4.90 Å². The summed E-state index contributed by atoms with van der Waals surface area (Å²) in [6, 6.07) is 0.555. The molecule has 0 bridgehead atoms. The first kappa shape index (κ1) is 9.97. The minimum absolute atomic E-state index is 0.367. The molecule has 0 radical (unpaired) electrons. The fourth-order valence-electron chi connectivity index (χ4n) is 2.91. The highest BCUT2D eigenvalue weighted by atomic mass is 16.4. The second kappa shape index (κ2) is 3.89. The smallest absolute Gasteiger partial charge is 0.303 e. The second-order valence-electron chi connectivity index (χ2n) is 4.81. The first-order chi connectivity index (χ1) is 6.68. The van der Waals surface area contributed by atoms with Crippen molar-refractivity contribution in [2.45, 2.75) is 38.1 Å². The summed E-state index contributed by atoms with van der Waals surface area (Å²) in [5.74, 6) is 0.569. The highest BCUT2D eigenvalue weighted by molar-refractivity contribution is 5.67. The highest BCUT2D eigenvalue weighted by Crippen LogP contribution is 2.42. The summed E-state index contributed by atoms with van der Waals surface area (Å²) in [4.78, 5) is 13.1. The summed E-state index contributed by atoms with van der Waals surface area (Å²) >= 11 is 0. The third-order valence-electron chi connectivity index (χ3n) is 3.62. The van der Waals surface area contributed by atoms with Gasteiger partial charge in [0.1, 0.15) is 0 Å². The van der Waals surface area contributed by atoms with E-state index in [1.807, 2.05) is 0 Å². The van der Waals surface area contributed by atoms with Crippen LogP contribution in [-0.2, 0) is 4.79 Å². The molecule has 0 aromatic rings. The minimum Gasteiger partial charge on any atom is -0.481 e. The van der Waals surface area contributed by atoms with E-state index >= 15 is 0 Å². The van der Waals surface area contributed by atoms with Gasteiger partial charge in [-0.15, -0.1) is 0 Å². The highest BCUT2D eigenvalue weighted by Gasteiger charge is 2.41. The van der Waals surface area contributed by atoms with Crippen LogP contribution in [0, 0.1) is 11.8 Å². The molecule has 1 saturated carbocycles. The third kappa shape index (κ3) is 2.08. The van der Waals surface area contributed by atoms with E-state index in [1.165, 1.54) is 12.8 Å². The van der Waals surface area contributed by atoms with E-state index in [1.54, 1.807) is 0 Å². The third-order valence-corrected chi connectivity index (χ3v) is 3.62. The zero-order valence-corrected chi connectivity index (χ0v) is 8.78. The van der Waals surface area contributed by atoms with Gasteiger partial charge in [0, 0.05) is 12.5 Å². The van der Waals surface area contributed by atoms with Crippen LogP contribution in [0.4, 0.5) is 0 Å². The van der Waals surface area contributed by atoms with Gasteiger partial charge in [-0.1, -0.05) is 0 Å². The molecule has 2 aliphatic rings. The lowest BCUT2D eigenvalue weighted by Gasteiger charge is -2.39. The average Bonchev–Trinajstić information content (AvgIpc) is 2.86. The predicted octanol–water partition coefficient (Wildman–Crippen LogP) is 1.58. The number of hydrogen-bond donors (Lipinski definition) is 1. The lowest BCUT2D eigenvalue weighted by molar-refractivity contribution is -0.139. The van der Waals surface area contributed by atoms with Crippen LogP contribution in [0.1, 0.15) is 32.1 Å². The summed E-state index contributed by atoms with van der Waals surface area (Å²) in [6.45, 7) is 1.15. The molecule has 80 valence electrons. The largest absolute Gasteiger partial charge is 0.481 e. The van der Waals surface area contributed by atoms with E-state index in [9.17, 15) is 4.79 Å². The molecule has 0 amide bonds. The molecule has 2 fully saturated rings. The molecule has 3 nitrogen and oxygen atoms in total. The number of carboxylic acid groups (broad SMARTS) is 1. The molecular weight excluding hydrogens is 178 g/mol. The van der Waals surface area contributed by atoms with Gasteiger partial charge in [-0.25, -0.2) is 0 Å². The molecule has 0 unspecified atom stereocenters. The van der Waals surface area contributed by atoms with Crippen molar-refractivity contribution >= 4 is 5.97 Å². The maximum Gasteiger partial charge on any atom is 0.303 e. The monoisotopic (exact) mass is 197 g/mol. The van der Waals surface area contributed by atoms with Crippen molar-refractivity contribution in [3.63, 3.8) is 0 Å². The molecule has 1 saturated heterocycles. The van der Waals surface area contributed by atoms with E-state index in [0.717, 1.165) is 25.3 Å². The van der Waals surface area contributed by atoms with Gasteiger partial charge in [-0.05, 0) is 51.1 Å². The minimum atomic E-state index is -0.629. The van der Waals surface area contributed by atoms with Crippen molar-refractivity contribution in [3.05, 3.63) is 0 Å². The van der Waals surface area contributed by atoms with Gasteiger partial charge in [0.2, 0.25) is 0 Å². The van der Waals surface area contributed by atoms with Gasteiger partial charge in [0.25, 0.3) is 0 Å². The van der Waals surface area contributed by atoms with Crippen LogP contribution in [0.2, 0.25) is 0 Å². The maximum absolute atomic E-state index is 10.7. The molecule has 0 aromatic heterocycles. The Balaban J connectivity index is 1.99. The van der Waals surface area contributed by atoms with E-state index in [2.05, 4.69) is 11.9 Å². The standard InChI is InChI=1S/C11H19NO2/c1-12-6-2-3-9(7-10(13)14)11(12)8-4-5-8/h8-9,11H,2-7H2,1H3,(H,13,14)/t9-,11-/m1/s1. The Morgan fingerprint density at radius 2 is 2.14 bits per heavy atom. The van der Waals surface area contributed by atoms with Crippen LogP contribution < -0.4 is 0 Å². The van der Waals surface area contributed by atoms with Gasteiger partial charge >= 0.3 is 5.97 Å². The molecule has 1 aliphatic heterocycles. The van der Waals surface area contributed by atoms with Crippen LogP contribution in [0.25, 0.3) is 0 Å². The molecule has 14 heavy (non-hydrogen) atoms. The number of likely N-dealkylation sites (tertiary alicyclic amines) is 1. The SMILES string of the molecule is CN1CCC[C@H](CC(=O)O)[C@H]1C1CC1. The van der Waals surface area contributed by atoms with Crippen molar-refractivity contribution < 1.29 is 9.90 Å². The topological polar surface area (TPSA) is 40.5 Å². The van der Waals surface area contributed by atoms with E-state index < -0.39 is 5.97 Å². The summed E-state index contributed by atoms with van der Waals surface area (Å²) in [5, 5.41) is 8.85. The summed E-state index contributed by atoms with van der Waals surface area (Å²) in [6.07, 6.45) is 5.26. The quantitative estimate of drug-likeness (QED) is 0.746. The number of aliphatic carboxylic acids is 1. The van der Waals surface area contributed by atoms with Crippen molar-refractivity contribution in [1.29, 1.82) is 0 Å². The molecule has 2 rings (SSSR count). The van der Waals surface area contributed by atoms with Crippen LogP contribution in [0.5, 0.6) is 0 Å². The maximum atomic E-state index is 10.7. The zero-order chi connectivity index (χ0) is 10.1.